The van der Waals surface area contributed by atoms with E-state index in [9.17, 15) is 9.59 Å². The summed E-state index contributed by atoms with van der Waals surface area (Å²) in [6.07, 6.45) is 12.3. The van der Waals surface area contributed by atoms with Crippen molar-refractivity contribution in [1.82, 2.24) is 19.8 Å². The molecule has 2 saturated carbocycles. The number of aromatic nitrogens is 2. The summed E-state index contributed by atoms with van der Waals surface area (Å²) in [5.74, 6) is 0.499. The number of hydrogen-bond acceptors (Lipinski definition) is 5. The van der Waals surface area contributed by atoms with Crippen LogP contribution in [-0.4, -0.2) is 43.8 Å². The van der Waals surface area contributed by atoms with Crippen molar-refractivity contribution < 1.29 is 9.59 Å². The highest BCUT2D eigenvalue weighted by Gasteiger charge is 2.58. The first-order chi connectivity index (χ1) is 13.6. The Kier molecular flexibility index (Phi) is 5.10. The van der Waals surface area contributed by atoms with Gasteiger partial charge < -0.3 is 10.2 Å². The van der Waals surface area contributed by atoms with Crippen LogP contribution in [-0.2, 0) is 9.59 Å². The van der Waals surface area contributed by atoms with Gasteiger partial charge in [0, 0.05) is 17.9 Å². The quantitative estimate of drug-likeness (QED) is 0.604. The predicted molar refractivity (Wildman–Crippen MR) is 106 cm³/mol. The minimum Gasteiger partial charge on any atom is -0.344 e. The minimum absolute atomic E-state index is 0.132. The molecule has 8 heteroatoms. The zero-order chi connectivity index (χ0) is 19.7. The molecule has 7 nitrogen and oxygen atoms in total. The highest BCUT2D eigenvalue weighted by atomic mass is 35.5. The standard InChI is InChI=1S/C20H24ClN5O2/c1-14(24-17-7-10-22-12-23-17)11-16(21)18-19(28)26(15-5-6-15)20(25(18)13-27)8-3-2-4-9-20/h7,10-13,15H,2-6,8-9H2,1H3,(H,22,23,24)/b14-11+,18-16+. The first kappa shape index (κ1) is 18.9. The van der Waals surface area contributed by atoms with Gasteiger partial charge in [-0.15, -0.1) is 0 Å². The van der Waals surface area contributed by atoms with Crippen molar-refractivity contribution in [3.63, 3.8) is 0 Å². The fourth-order valence-electron chi connectivity index (χ4n) is 4.40. The molecule has 1 aromatic heterocycles. The lowest BCUT2D eigenvalue weighted by atomic mass is 9.87. The van der Waals surface area contributed by atoms with Crippen LogP contribution in [0.3, 0.4) is 0 Å². The average Bonchev–Trinajstić information content (AvgIpc) is 3.48. The van der Waals surface area contributed by atoms with Crippen molar-refractivity contribution in [2.75, 3.05) is 5.32 Å². The summed E-state index contributed by atoms with van der Waals surface area (Å²) >= 11 is 6.59. The Morgan fingerprint density at radius 2 is 2.07 bits per heavy atom. The molecule has 0 atom stereocenters. The second-order valence-corrected chi connectivity index (χ2v) is 8.08. The fraction of sp³-hybridized carbons (Fsp3) is 0.500. The number of carbonyl (C=O) groups is 2. The number of anilines is 1. The SMILES string of the molecule is C/C(=C\C(Cl)=C1\C(=O)N(C2CC2)C2(CCCCC2)N1C=O)Nc1ccncn1. The molecule has 0 radical (unpaired) electrons. The van der Waals surface area contributed by atoms with Crippen molar-refractivity contribution in [3.05, 3.63) is 41.1 Å². The van der Waals surface area contributed by atoms with E-state index in [1.54, 1.807) is 23.2 Å². The Morgan fingerprint density at radius 3 is 2.68 bits per heavy atom. The monoisotopic (exact) mass is 401 g/mol. The van der Waals surface area contributed by atoms with Gasteiger partial charge in [0.05, 0.1) is 5.03 Å². The summed E-state index contributed by atoms with van der Waals surface area (Å²) in [4.78, 5) is 37.0. The Hall–Kier alpha value is -2.41. The molecule has 0 unspecified atom stereocenters. The molecule has 4 rings (SSSR count). The number of amides is 2. The van der Waals surface area contributed by atoms with Crippen LogP contribution in [0.4, 0.5) is 5.82 Å². The van der Waals surface area contributed by atoms with E-state index >= 15 is 0 Å². The number of halogens is 1. The molecule has 0 aromatic carbocycles. The molecule has 2 amide bonds. The van der Waals surface area contributed by atoms with Gasteiger partial charge in [0.15, 0.2) is 0 Å². The van der Waals surface area contributed by atoms with E-state index in [-0.39, 0.29) is 22.7 Å². The van der Waals surface area contributed by atoms with E-state index in [0.29, 0.717) is 5.82 Å². The van der Waals surface area contributed by atoms with E-state index in [4.69, 9.17) is 11.6 Å². The number of rotatable bonds is 5. The van der Waals surface area contributed by atoms with Gasteiger partial charge in [0.2, 0.25) is 6.41 Å². The van der Waals surface area contributed by atoms with Crippen LogP contribution in [0.1, 0.15) is 51.9 Å². The van der Waals surface area contributed by atoms with E-state index in [2.05, 4.69) is 15.3 Å². The maximum Gasteiger partial charge on any atom is 0.274 e. The minimum atomic E-state index is -0.546. The van der Waals surface area contributed by atoms with Gasteiger partial charge in [-0.3, -0.25) is 14.5 Å². The smallest absolute Gasteiger partial charge is 0.274 e. The summed E-state index contributed by atoms with van der Waals surface area (Å²) in [5, 5.41) is 3.39. The van der Waals surface area contributed by atoms with Crippen molar-refractivity contribution in [1.29, 1.82) is 0 Å². The highest BCUT2D eigenvalue weighted by Crippen LogP contribution is 2.49. The van der Waals surface area contributed by atoms with Crippen LogP contribution in [0.25, 0.3) is 0 Å². The number of nitrogens with zero attached hydrogens (tertiary/aromatic N) is 4. The molecule has 0 bridgehead atoms. The molecular formula is C20H24ClN5O2. The Morgan fingerprint density at radius 1 is 1.32 bits per heavy atom. The Balaban J connectivity index is 1.69. The number of carbonyl (C=O) groups excluding carboxylic acids is 2. The highest BCUT2D eigenvalue weighted by molar-refractivity contribution is 6.33. The van der Waals surface area contributed by atoms with Gasteiger partial charge in [-0.05, 0) is 57.6 Å². The van der Waals surface area contributed by atoms with Crippen LogP contribution in [0.5, 0.6) is 0 Å². The van der Waals surface area contributed by atoms with Gasteiger partial charge in [0.1, 0.15) is 23.5 Å². The maximum atomic E-state index is 13.3. The first-order valence-electron chi connectivity index (χ1n) is 9.76. The molecule has 148 valence electrons. The van der Waals surface area contributed by atoms with Gasteiger partial charge in [-0.2, -0.15) is 0 Å². The maximum absolute atomic E-state index is 13.3. The molecule has 1 N–H and O–H groups in total. The summed E-state index contributed by atoms with van der Waals surface area (Å²) in [6.45, 7) is 1.84. The molecule has 2 heterocycles. The number of hydrogen-bond donors (Lipinski definition) is 1. The molecule has 1 saturated heterocycles. The second kappa shape index (κ2) is 7.54. The predicted octanol–water partition coefficient (Wildman–Crippen LogP) is 3.37. The van der Waals surface area contributed by atoms with Crippen molar-refractivity contribution >= 4 is 29.7 Å². The van der Waals surface area contributed by atoms with E-state index < -0.39 is 5.66 Å². The van der Waals surface area contributed by atoms with Crippen molar-refractivity contribution in [3.8, 4) is 0 Å². The molecule has 28 heavy (non-hydrogen) atoms. The van der Waals surface area contributed by atoms with Crippen LogP contribution in [0, 0.1) is 0 Å². The van der Waals surface area contributed by atoms with Gasteiger partial charge >= 0.3 is 0 Å². The molecule has 2 aliphatic carbocycles. The summed E-state index contributed by atoms with van der Waals surface area (Å²) in [5.41, 5.74) is 0.460. The average molecular weight is 402 g/mol. The molecular weight excluding hydrogens is 378 g/mol. The molecule has 3 aliphatic rings. The Labute approximate surface area is 169 Å². The third-order valence-electron chi connectivity index (χ3n) is 5.71. The largest absolute Gasteiger partial charge is 0.344 e. The van der Waals surface area contributed by atoms with Gasteiger partial charge in [-0.25, -0.2) is 9.97 Å². The molecule has 3 fully saturated rings. The third kappa shape index (κ3) is 3.28. The van der Waals surface area contributed by atoms with Gasteiger partial charge in [0.25, 0.3) is 5.91 Å². The summed E-state index contributed by atoms with van der Waals surface area (Å²) in [7, 11) is 0. The van der Waals surface area contributed by atoms with Crippen LogP contribution in [0.2, 0.25) is 0 Å². The molecule has 1 aliphatic heterocycles. The summed E-state index contributed by atoms with van der Waals surface area (Å²) < 4.78 is 0. The zero-order valence-electron chi connectivity index (χ0n) is 15.9. The van der Waals surface area contributed by atoms with E-state index in [1.807, 2.05) is 11.8 Å². The second-order valence-electron chi connectivity index (χ2n) is 7.67. The lowest BCUT2D eigenvalue weighted by Gasteiger charge is -2.44. The lowest BCUT2D eigenvalue weighted by molar-refractivity contribution is -0.135. The summed E-state index contributed by atoms with van der Waals surface area (Å²) in [6, 6.07) is 1.96. The number of allylic oxidation sites excluding steroid dienone is 3. The first-order valence-corrected chi connectivity index (χ1v) is 10.1. The van der Waals surface area contributed by atoms with E-state index in [0.717, 1.165) is 57.1 Å². The number of nitrogens with one attached hydrogen (secondary N) is 1. The van der Waals surface area contributed by atoms with E-state index in [1.165, 1.54) is 6.33 Å². The fourth-order valence-corrected chi connectivity index (χ4v) is 4.73. The normalized spacial score (nSPS) is 23.9. The van der Waals surface area contributed by atoms with Gasteiger partial charge in [-0.1, -0.05) is 18.0 Å². The van der Waals surface area contributed by atoms with Crippen molar-refractivity contribution in [2.45, 2.75) is 63.6 Å². The van der Waals surface area contributed by atoms with Crippen LogP contribution >= 0.6 is 11.6 Å². The van der Waals surface area contributed by atoms with Crippen molar-refractivity contribution in [2.24, 2.45) is 0 Å². The zero-order valence-corrected chi connectivity index (χ0v) is 16.7. The Bertz CT molecular complexity index is 828. The lowest BCUT2D eigenvalue weighted by Crippen LogP contribution is -2.55. The molecule has 1 aromatic rings. The van der Waals surface area contributed by atoms with Crippen LogP contribution in [0.15, 0.2) is 41.1 Å². The molecule has 1 spiro atoms. The topological polar surface area (TPSA) is 78.4 Å². The van der Waals surface area contributed by atoms with Crippen LogP contribution < -0.4 is 5.32 Å². The third-order valence-corrected chi connectivity index (χ3v) is 6.00.